The average Bonchev–Trinajstić information content (AvgIpc) is 2.33. The zero-order chi connectivity index (χ0) is 6.69. The predicted octanol–water partition coefficient (Wildman–Crippen LogP) is -0.423. The average molecular weight is 130 g/mol. The van der Waals surface area contributed by atoms with Crippen molar-refractivity contribution in [2.75, 3.05) is 20.2 Å². The lowest BCUT2D eigenvalue weighted by molar-refractivity contribution is 0.123. The van der Waals surface area contributed by atoms with Crippen molar-refractivity contribution in [3.05, 3.63) is 0 Å². The van der Waals surface area contributed by atoms with E-state index in [2.05, 4.69) is 10.4 Å². The molecular formula is C6H14N2O. The van der Waals surface area contributed by atoms with Gasteiger partial charge in [-0.05, 0) is 19.9 Å². The van der Waals surface area contributed by atoms with E-state index in [9.17, 15) is 0 Å². The minimum atomic E-state index is 0.279. The van der Waals surface area contributed by atoms with Gasteiger partial charge in [0.05, 0.1) is 6.61 Å². The summed E-state index contributed by atoms with van der Waals surface area (Å²) in [5.74, 6) is 0. The van der Waals surface area contributed by atoms with Gasteiger partial charge in [-0.1, -0.05) is 0 Å². The maximum Gasteiger partial charge on any atom is 0.0600 e. The molecule has 1 fully saturated rings. The minimum absolute atomic E-state index is 0.279. The first-order valence-electron chi connectivity index (χ1n) is 3.43. The van der Waals surface area contributed by atoms with Crippen molar-refractivity contribution in [1.29, 1.82) is 0 Å². The first kappa shape index (κ1) is 6.99. The number of hydrogen-bond acceptors (Lipinski definition) is 3. The summed E-state index contributed by atoms with van der Waals surface area (Å²) in [5.41, 5.74) is 3.04. The molecule has 2 N–H and O–H groups in total. The van der Waals surface area contributed by atoms with Crippen LogP contribution in [0.1, 0.15) is 12.8 Å². The minimum Gasteiger partial charge on any atom is -0.395 e. The monoisotopic (exact) mass is 130 g/mol. The zero-order valence-corrected chi connectivity index (χ0v) is 5.80. The SMILES string of the molecule is CNN1CCC[C@H]1CO. The summed E-state index contributed by atoms with van der Waals surface area (Å²) in [4.78, 5) is 0. The number of hydrogen-bond donors (Lipinski definition) is 2. The smallest absolute Gasteiger partial charge is 0.0600 e. The van der Waals surface area contributed by atoms with Crippen molar-refractivity contribution < 1.29 is 5.11 Å². The lowest BCUT2D eigenvalue weighted by atomic mass is 10.2. The summed E-state index contributed by atoms with van der Waals surface area (Å²) in [6.45, 7) is 1.35. The molecular weight excluding hydrogens is 116 g/mol. The number of rotatable bonds is 2. The fraction of sp³-hybridized carbons (Fsp3) is 1.00. The van der Waals surface area contributed by atoms with Gasteiger partial charge in [-0.2, -0.15) is 0 Å². The van der Waals surface area contributed by atoms with Crippen LogP contribution in [-0.2, 0) is 0 Å². The Hall–Kier alpha value is -0.120. The van der Waals surface area contributed by atoms with Crippen molar-refractivity contribution in [1.82, 2.24) is 10.4 Å². The van der Waals surface area contributed by atoms with Crippen LogP contribution in [0.15, 0.2) is 0 Å². The zero-order valence-electron chi connectivity index (χ0n) is 5.80. The Balaban J connectivity index is 2.32. The van der Waals surface area contributed by atoms with E-state index in [1.54, 1.807) is 0 Å². The standard InChI is InChI=1S/C6H14N2O/c1-7-8-4-2-3-6(8)5-9/h6-7,9H,2-5H2,1H3/t6-/m0/s1. The second-order valence-electron chi connectivity index (χ2n) is 2.40. The Kier molecular flexibility index (Phi) is 2.45. The van der Waals surface area contributed by atoms with Crippen LogP contribution in [0.3, 0.4) is 0 Å². The Morgan fingerprint density at radius 3 is 3.00 bits per heavy atom. The van der Waals surface area contributed by atoms with Crippen LogP contribution in [0.5, 0.6) is 0 Å². The van der Waals surface area contributed by atoms with Crippen LogP contribution in [0.25, 0.3) is 0 Å². The van der Waals surface area contributed by atoms with Crippen molar-refractivity contribution in [3.63, 3.8) is 0 Å². The fourth-order valence-electron chi connectivity index (χ4n) is 1.32. The highest BCUT2D eigenvalue weighted by Crippen LogP contribution is 2.12. The molecule has 0 radical (unpaired) electrons. The van der Waals surface area contributed by atoms with Gasteiger partial charge in [0.1, 0.15) is 0 Å². The predicted molar refractivity (Wildman–Crippen MR) is 35.9 cm³/mol. The number of aliphatic hydroxyl groups excluding tert-OH is 1. The van der Waals surface area contributed by atoms with Gasteiger partial charge < -0.3 is 5.11 Å². The number of nitrogens with one attached hydrogen (secondary N) is 1. The lowest BCUT2D eigenvalue weighted by Crippen LogP contribution is -2.40. The second kappa shape index (κ2) is 3.15. The van der Waals surface area contributed by atoms with E-state index in [0.717, 1.165) is 13.0 Å². The van der Waals surface area contributed by atoms with E-state index in [4.69, 9.17) is 5.11 Å². The molecule has 0 unspecified atom stereocenters. The van der Waals surface area contributed by atoms with Gasteiger partial charge >= 0.3 is 0 Å². The van der Waals surface area contributed by atoms with E-state index in [1.165, 1.54) is 6.42 Å². The van der Waals surface area contributed by atoms with Crippen LogP contribution in [0.4, 0.5) is 0 Å². The molecule has 0 aromatic rings. The van der Waals surface area contributed by atoms with Gasteiger partial charge in [0.25, 0.3) is 0 Å². The Morgan fingerprint density at radius 2 is 2.56 bits per heavy atom. The third kappa shape index (κ3) is 1.41. The Morgan fingerprint density at radius 1 is 1.78 bits per heavy atom. The van der Waals surface area contributed by atoms with Crippen LogP contribution < -0.4 is 5.43 Å². The first-order valence-corrected chi connectivity index (χ1v) is 3.43. The molecule has 54 valence electrons. The third-order valence-electron chi connectivity index (χ3n) is 1.88. The quantitative estimate of drug-likeness (QED) is 0.533. The Bertz CT molecular complexity index is 77.1. The van der Waals surface area contributed by atoms with Gasteiger partial charge in [-0.25, -0.2) is 5.01 Å². The molecule has 0 saturated carbocycles. The van der Waals surface area contributed by atoms with Crippen molar-refractivity contribution in [2.45, 2.75) is 18.9 Å². The molecule has 0 aromatic heterocycles. The molecule has 1 saturated heterocycles. The van der Waals surface area contributed by atoms with Crippen molar-refractivity contribution in [2.24, 2.45) is 0 Å². The van der Waals surface area contributed by atoms with Crippen LogP contribution in [-0.4, -0.2) is 36.4 Å². The summed E-state index contributed by atoms with van der Waals surface area (Å²) in [7, 11) is 1.90. The summed E-state index contributed by atoms with van der Waals surface area (Å²) in [6, 6.07) is 0.356. The molecule has 1 rings (SSSR count). The summed E-state index contributed by atoms with van der Waals surface area (Å²) in [5, 5.41) is 10.9. The number of hydrazine groups is 1. The molecule has 0 spiro atoms. The highest BCUT2D eigenvalue weighted by Gasteiger charge is 2.21. The first-order chi connectivity index (χ1) is 4.38. The topological polar surface area (TPSA) is 35.5 Å². The molecule has 0 aliphatic carbocycles. The van der Waals surface area contributed by atoms with Gasteiger partial charge in [0.15, 0.2) is 0 Å². The van der Waals surface area contributed by atoms with E-state index in [1.807, 2.05) is 7.05 Å². The second-order valence-corrected chi connectivity index (χ2v) is 2.40. The third-order valence-corrected chi connectivity index (χ3v) is 1.88. The molecule has 1 heterocycles. The molecule has 0 bridgehead atoms. The maximum absolute atomic E-state index is 8.79. The highest BCUT2D eigenvalue weighted by atomic mass is 16.3. The largest absolute Gasteiger partial charge is 0.395 e. The van der Waals surface area contributed by atoms with Gasteiger partial charge in [-0.15, -0.1) is 0 Å². The molecule has 0 aromatic carbocycles. The van der Waals surface area contributed by atoms with Crippen molar-refractivity contribution >= 4 is 0 Å². The molecule has 1 aliphatic rings. The lowest BCUT2D eigenvalue weighted by Gasteiger charge is -2.20. The van der Waals surface area contributed by atoms with E-state index >= 15 is 0 Å². The molecule has 3 heteroatoms. The normalized spacial score (nSPS) is 29.3. The van der Waals surface area contributed by atoms with Crippen molar-refractivity contribution in [3.8, 4) is 0 Å². The number of nitrogens with zero attached hydrogens (tertiary/aromatic N) is 1. The summed E-state index contributed by atoms with van der Waals surface area (Å²) < 4.78 is 0. The number of aliphatic hydroxyl groups is 1. The molecule has 1 atom stereocenters. The maximum atomic E-state index is 8.79. The summed E-state index contributed by atoms with van der Waals surface area (Å²) >= 11 is 0. The Labute approximate surface area is 55.6 Å². The van der Waals surface area contributed by atoms with E-state index in [0.29, 0.717) is 6.04 Å². The van der Waals surface area contributed by atoms with Gasteiger partial charge in [-0.3, -0.25) is 5.43 Å². The molecule has 3 nitrogen and oxygen atoms in total. The molecule has 9 heavy (non-hydrogen) atoms. The van der Waals surface area contributed by atoms with Crippen LogP contribution in [0.2, 0.25) is 0 Å². The highest BCUT2D eigenvalue weighted by molar-refractivity contribution is 4.74. The van der Waals surface area contributed by atoms with E-state index in [-0.39, 0.29) is 6.61 Å². The van der Waals surface area contributed by atoms with Crippen LogP contribution >= 0.6 is 0 Å². The van der Waals surface area contributed by atoms with E-state index < -0.39 is 0 Å². The van der Waals surface area contributed by atoms with Gasteiger partial charge in [0.2, 0.25) is 0 Å². The summed E-state index contributed by atoms with van der Waals surface area (Å²) in [6.07, 6.45) is 2.32. The fourth-order valence-corrected chi connectivity index (χ4v) is 1.32. The molecule has 1 aliphatic heterocycles. The van der Waals surface area contributed by atoms with Crippen LogP contribution in [0, 0.1) is 0 Å². The molecule has 0 amide bonds. The van der Waals surface area contributed by atoms with Gasteiger partial charge in [0, 0.05) is 12.6 Å².